The minimum absolute atomic E-state index is 0.210. The molecule has 4 heteroatoms. The molecule has 0 spiro atoms. The second-order valence-corrected chi connectivity index (χ2v) is 8.13. The Morgan fingerprint density at radius 3 is 2.31 bits per heavy atom. The van der Waals surface area contributed by atoms with Crippen LogP contribution in [-0.4, -0.2) is 38.6 Å². The van der Waals surface area contributed by atoms with Crippen LogP contribution in [0.1, 0.15) is 49.7 Å². The molecule has 0 bridgehead atoms. The van der Waals surface area contributed by atoms with E-state index >= 15 is 0 Å². The van der Waals surface area contributed by atoms with Gasteiger partial charge in [-0.3, -0.25) is 0 Å². The van der Waals surface area contributed by atoms with Crippen LogP contribution in [0.3, 0.4) is 0 Å². The van der Waals surface area contributed by atoms with Gasteiger partial charge in [0, 0.05) is 24.3 Å². The molecule has 1 aliphatic heterocycles. The summed E-state index contributed by atoms with van der Waals surface area (Å²) in [5.41, 5.74) is 4.01. The zero-order valence-electron chi connectivity index (χ0n) is 17.6. The van der Waals surface area contributed by atoms with Crippen LogP contribution in [0.2, 0.25) is 0 Å². The van der Waals surface area contributed by atoms with E-state index in [1.54, 1.807) is 18.2 Å². The average molecular weight is 399 g/mol. The van der Waals surface area contributed by atoms with Crippen LogP contribution >= 0.6 is 0 Å². The smallest absolute Gasteiger partial charge is 0.125 e. The molecule has 2 aromatic rings. The van der Waals surface area contributed by atoms with Gasteiger partial charge in [0.25, 0.3) is 0 Å². The van der Waals surface area contributed by atoms with E-state index in [9.17, 15) is 8.78 Å². The minimum atomic E-state index is -0.241. The largest absolute Gasteiger partial charge is 0.371 e. The molecule has 0 amide bonds. The number of benzene rings is 2. The molecule has 0 saturated carbocycles. The second-order valence-electron chi connectivity index (χ2n) is 8.13. The van der Waals surface area contributed by atoms with Gasteiger partial charge in [0.15, 0.2) is 0 Å². The van der Waals surface area contributed by atoms with Gasteiger partial charge in [0.2, 0.25) is 0 Å². The third kappa shape index (κ3) is 6.14. The van der Waals surface area contributed by atoms with Gasteiger partial charge >= 0.3 is 0 Å². The van der Waals surface area contributed by atoms with Gasteiger partial charge in [-0.1, -0.05) is 37.5 Å². The molecule has 156 valence electrons. The maximum Gasteiger partial charge on any atom is 0.125 e. The van der Waals surface area contributed by atoms with Crippen molar-refractivity contribution in [2.45, 2.75) is 38.5 Å². The van der Waals surface area contributed by atoms with Gasteiger partial charge in [0.05, 0.1) is 0 Å². The SMILES string of the molecule is CN(C)CCCCCCCN1CCC=C(c2ccc(F)cc2)c2ccc(F)cc21. The number of unbranched alkanes of at least 4 members (excludes halogenated alkanes) is 4. The van der Waals surface area contributed by atoms with Crippen molar-refractivity contribution in [3.8, 4) is 0 Å². The van der Waals surface area contributed by atoms with Gasteiger partial charge in [-0.05, 0) is 81.4 Å². The van der Waals surface area contributed by atoms with Gasteiger partial charge in [0.1, 0.15) is 11.6 Å². The summed E-state index contributed by atoms with van der Waals surface area (Å²) in [5, 5.41) is 0. The van der Waals surface area contributed by atoms with E-state index in [0.717, 1.165) is 54.9 Å². The second kappa shape index (κ2) is 10.5. The third-order valence-corrected chi connectivity index (χ3v) is 5.53. The molecule has 2 nitrogen and oxygen atoms in total. The molecule has 1 aliphatic rings. The van der Waals surface area contributed by atoms with Crippen LogP contribution in [-0.2, 0) is 0 Å². The van der Waals surface area contributed by atoms with E-state index in [4.69, 9.17) is 0 Å². The summed E-state index contributed by atoms with van der Waals surface area (Å²) < 4.78 is 27.4. The molecule has 0 fully saturated rings. The fourth-order valence-electron chi connectivity index (χ4n) is 3.99. The number of halogens is 2. The Balaban J connectivity index is 1.66. The normalized spacial score (nSPS) is 14.0. The van der Waals surface area contributed by atoms with E-state index in [2.05, 4.69) is 30.0 Å². The van der Waals surface area contributed by atoms with Crippen LogP contribution in [0, 0.1) is 11.6 Å². The lowest BCUT2D eigenvalue weighted by atomic mass is 9.96. The van der Waals surface area contributed by atoms with Crippen molar-refractivity contribution in [1.29, 1.82) is 0 Å². The number of nitrogens with zero attached hydrogens (tertiary/aromatic N) is 2. The molecular formula is C25H32F2N2. The van der Waals surface area contributed by atoms with E-state index in [1.165, 1.54) is 43.9 Å². The van der Waals surface area contributed by atoms with Crippen LogP contribution < -0.4 is 4.90 Å². The number of hydrogen-bond acceptors (Lipinski definition) is 2. The molecule has 0 N–H and O–H groups in total. The third-order valence-electron chi connectivity index (χ3n) is 5.53. The van der Waals surface area contributed by atoms with E-state index < -0.39 is 0 Å². The monoisotopic (exact) mass is 398 g/mol. The summed E-state index contributed by atoms with van der Waals surface area (Å²) in [4.78, 5) is 4.54. The zero-order chi connectivity index (χ0) is 20.6. The molecule has 29 heavy (non-hydrogen) atoms. The molecule has 0 aromatic heterocycles. The first kappa shape index (κ1) is 21.5. The van der Waals surface area contributed by atoms with Crippen molar-refractivity contribution < 1.29 is 8.78 Å². The fraction of sp³-hybridized carbons (Fsp3) is 0.440. The average Bonchev–Trinajstić information content (AvgIpc) is 2.87. The van der Waals surface area contributed by atoms with Gasteiger partial charge < -0.3 is 9.80 Å². The minimum Gasteiger partial charge on any atom is -0.371 e. The molecule has 1 heterocycles. The van der Waals surface area contributed by atoms with E-state index in [1.807, 2.05) is 6.07 Å². The molecule has 0 atom stereocenters. The first-order chi connectivity index (χ1) is 14.0. The Morgan fingerprint density at radius 2 is 1.55 bits per heavy atom. The molecule has 0 aliphatic carbocycles. The van der Waals surface area contributed by atoms with Crippen molar-refractivity contribution in [1.82, 2.24) is 4.90 Å². The van der Waals surface area contributed by atoms with Crippen LogP contribution in [0.15, 0.2) is 48.5 Å². The predicted octanol–water partition coefficient (Wildman–Crippen LogP) is 6.12. The van der Waals surface area contributed by atoms with Crippen molar-refractivity contribution in [2.24, 2.45) is 0 Å². The lowest BCUT2D eigenvalue weighted by Crippen LogP contribution is -2.25. The number of hydrogen-bond donors (Lipinski definition) is 0. The fourth-order valence-corrected chi connectivity index (χ4v) is 3.99. The van der Waals surface area contributed by atoms with Crippen LogP contribution in [0.25, 0.3) is 5.57 Å². The maximum absolute atomic E-state index is 14.1. The lowest BCUT2D eigenvalue weighted by Gasteiger charge is -2.26. The Labute approximate surface area is 173 Å². The highest BCUT2D eigenvalue weighted by molar-refractivity contribution is 5.87. The number of fused-ring (bicyclic) bond motifs is 1. The highest BCUT2D eigenvalue weighted by Crippen LogP contribution is 2.35. The summed E-state index contributed by atoms with van der Waals surface area (Å²) in [6, 6.07) is 11.6. The van der Waals surface area contributed by atoms with Crippen LogP contribution in [0.5, 0.6) is 0 Å². The highest BCUT2D eigenvalue weighted by Gasteiger charge is 2.19. The highest BCUT2D eigenvalue weighted by atomic mass is 19.1. The molecule has 0 unspecified atom stereocenters. The Kier molecular flexibility index (Phi) is 7.82. The Morgan fingerprint density at radius 1 is 0.862 bits per heavy atom. The van der Waals surface area contributed by atoms with E-state index in [-0.39, 0.29) is 11.6 Å². The Bertz CT molecular complexity index is 812. The summed E-state index contributed by atoms with van der Waals surface area (Å²) >= 11 is 0. The topological polar surface area (TPSA) is 6.48 Å². The number of anilines is 1. The molecular weight excluding hydrogens is 366 g/mol. The van der Waals surface area contributed by atoms with Crippen LogP contribution in [0.4, 0.5) is 14.5 Å². The van der Waals surface area contributed by atoms with Gasteiger partial charge in [-0.15, -0.1) is 0 Å². The molecule has 0 radical (unpaired) electrons. The molecule has 2 aromatic carbocycles. The first-order valence-electron chi connectivity index (χ1n) is 10.7. The summed E-state index contributed by atoms with van der Waals surface area (Å²) in [7, 11) is 4.23. The Hall–Kier alpha value is -2.20. The van der Waals surface area contributed by atoms with Gasteiger partial charge in [-0.25, -0.2) is 8.78 Å². The van der Waals surface area contributed by atoms with E-state index in [0.29, 0.717) is 0 Å². The summed E-state index contributed by atoms with van der Waals surface area (Å²) in [5.74, 6) is -0.452. The van der Waals surface area contributed by atoms with Crippen molar-refractivity contribution in [3.05, 3.63) is 71.3 Å². The summed E-state index contributed by atoms with van der Waals surface area (Å²) in [6.45, 7) is 2.97. The molecule has 3 rings (SSSR count). The summed E-state index contributed by atoms with van der Waals surface area (Å²) in [6.07, 6.45) is 9.17. The standard InChI is InChI=1S/C25H32F2N2/c1-28(2)16-6-4-3-5-7-17-29-18-8-9-23(20-10-12-21(26)13-11-20)24-15-14-22(27)19-25(24)29/h9-15,19H,3-8,16-18H2,1-2H3. The predicted molar refractivity (Wildman–Crippen MR) is 118 cm³/mol. The number of rotatable bonds is 9. The zero-order valence-corrected chi connectivity index (χ0v) is 17.6. The van der Waals surface area contributed by atoms with Gasteiger partial charge in [-0.2, -0.15) is 0 Å². The quantitative estimate of drug-likeness (QED) is 0.470. The maximum atomic E-state index is 14.1. The first-order valence-corrected chi connectivity index (χ1v) is 10.7. The van der Waals surface area contributed by atoms with Crippen molar-refractivity contribution in [2.75, 3.05) is 38.6 Å². The lowest BCUT2D eigenvalue weighted by molar-refractivity contribution is 0.389. The van der Waals surface area contributed by atoms with Crippen molar-refractivity contribution >= 4 is 11.3 Å². The van der Waals surface area contributed by atoms with Crippen molar-refractivity contribution in [3.63, 3.8) is 0 Å². The molecule has 0 saturated heterocycles.